The monoisotopic (exact) mass is 286 g/mol. The Bertz CT molecular complexity index is 629. The maximum Gasteiger partial charge on any atom is 0.137 e. The number of rotatable bonds is 7. The number of nitriles is 1. The minimum Gasteiger partial charge on any atom is -0.396 e. The zero-order valence-electron chi connectivity index (χ0n) is 12.6. The first-order valence-corrected chi connectivity index (χ1v) is 7.35. The molecular weight excluding hydrogens is 264 g/mol. The molecule has 2 aromatic heterocycles. The van der Waals surface area contributed by atoms with Crippen LogP contribution in [-0.2, 0) is 6.54 Å². The molecule has 0 fully saturated rings. The summed E-state index contributed by atoms with van der Waals surface area (Å²) in [6, 6.07) is 5.76. The molecule has 0 spiro atoms. The van der Waals surface area contributed by atoms with Gasteiger partial charge in [0, 0.05) is 31.3 Å². The minimum atomic E-state index is -0.0572. The normalized spacial score (nSPS) is 11.7. The molecule has 5 nitrogen and oxygen atoms in total. The fraction of sp³-hybridized carbons (Fsp3) is 0.500. The van der Waals surface area contributed by atoms with E-state index in [-0.39, 0.29) is 12.0 Å². The number of aromatic nitrogens is 2. The lowest BCUT2D eigenvalue weighted by molar-refractivity contribution is 0.113. The Balaban J connectivity index is 2.09. The highest BCUT2D eigenvalue weighted by atomic mass is 16.3. The van der Waals surface area contributed by atoms with E-state index in [9.17, 15) is 5.11 Å². The van der Waals surface area contributed by atoms with Crippen LogP contribution in [0.25, 0.3) is 5.65 Å². The van der Waals surface area contributed by atoms with Gasteiger partial charge in [0.1, 0.15) is 11.7 Å². The van der Waals surface area contributed by atoms with Crippen molar-refractivity contribution in [1.29, 1.82) is 5.26 Å². The number of hydrogen-bond acceptors (Lipinski definition) is 4. The third kappa shape index (κ3) is 3.23. The van der Waals surface area contributed by atoms with Crippen molar-refractivity contribution in [2.24, 2.45) is 5.41 Å². The molecule has 0 saturated heterocycles. The van der Waals surface area contributed by atoms with Gasteiger partial charge < -0.3 is 14.8 Å². The maximum absolute atomic E-state index is 9.58. The van der Waals surface area contributed by atoms with Crippen LogP contribution in [0.1, 0.15) is 37.9 Å². The maximum atomic E-state index is 9.58. The molecule has 2 aromatic rings. The van der Waals surface area contributed by atoms with E-state index < -0.39 is 0 Å². The number of fused-ring (bicyclic) bond motifs is 1. The van der Waals surface area contributed by atoms with Crippen molar-refractivity contribution in [1.82, 2.24) is 14.7 Å². The van der Waals surface area contributed by atoms with E-state index >= 15 is 0 Å². The van der Waals surface area contributed by atoms with E-state index in [1.54, 1.807) is 12.3 Å². The lowest BCUT2D eigenvalue weighted by Gasteiger charge is -2.29. The first-order valence-electron chi connectivity index (χ1n) is 7.35. The molecule has 112 valence electrons. The first-order chi connectivity index (χ1) is 10.2. The second-order valence-electron chi connectivity index (χ2n) is 5.48. The molecule has 0 aliphatic carbocycles. The molecule has 0 atom stereocenters. The Kier molecular flexibility index (Phi) is 4.94. The molecule has 0 saturated carbocycles. The average Bonchev–Trinajstić information content (AvgIpc) is 2.94. The molecule has 0 unspecified atom stereocenters. The van der Waals surface area contributed by atoms with Gasteiger partial charge in [0.2, 0.25) is 0 Å². The zero-order chi connectivity index (χ0) is 15.3. The number of aliphatic hydroxyl groups excluding tert-OH is 1. The summed E-state index contributed by atoms with van der Waals surface area (Å²) >= 11 is 0. The van der Waals surface area contributed by atoms with Crippen LogP contribution in [0.2, 0.25) is 0 Å². The van der Waals surface area contributed by atoms with Gasteiger partial charge in [-0.2, -0.15) is 5.26 Å². The zero-order valence-corrected chi connectivity index (χ0v) is 12.6. The summed E-state index contributed by atoms with van der Waals surface area (Å²) in [6.07, 6.45) is 5.51. The lowest BCUT2D eigenvalue weighted by atomic mass is 9.83. The van der Waals surface area contributed by atoms with Crippen molar-refractivity contribution >= 4 is 5.65 Å². The summed E-state index contributed by atoms with van der Waals surface area (Å²) in [6.45, 7) is 5.84. The molecule has 0 amide bonds. The van der Waals surface area contributed by atoms with Gasteiger partial charge in [-0.3, -0.25) is 0 Å². The highest BCUT2D eigenvalue weighted by Crippen LogP contribution is 2.24. The fourth-order valence-electron chi connectivity index (χ4n) is 2.46. The van der Waals surface area contributed by atoms with Crippen molar-refractivity contribution < 1.29 is 5.11 Å². The molecule has 0 aliphatic rings. The molecule has 0 bridgehead atoms. The Morgan fingerprint density at radius 2 is 2.14 bits per heavy atom. The summed E-state index contributed by atoms with van der Waals surface area (Å²) in [5, 5.41) is 22.0. The van der Waals surface area contributed by atoms with Gasteiger partial charge in [0.25, 0.3) is 0 Å². The molecular formula is C16H22N4O. The van der Waals surface area contributed by atoms with Gasteiger partial charge in [-0.05, 0) is 25.0 Å². The Labute approximate surface area is 125 Å². The molecule has 21 heavy (non-hydrogen) atoms. The number of hydrogen-bond donors (Lipinski definition) is 2. The third-order valence-corrected chi connectivity index (χ3v) is 4.35. The van der Waals surface area contributed by atoms with Crippen LogP contribution in [0.15, 0.2) is 24.5 Å². The molecule has 0 aliphatic heterocycles. The van der Waals surface area contributed by atoms with E-state index in [2.05, 4.69) is 30.2 Å². The number of imidazole rings is 1. The molecule has 2 heterocycles. The van der Waals surface area contributed by atoms with E-state index in [0.29, 0.717) is 12.1 Å². The summed E-state index contributed by atoms with van der Waals surface area (Å²) in [5.74, 6) is 0. The largest absolute Gasteiger partial charge is 0.396 e. The quantitative estimate of drug-likeness (QED) is 0.817. The summed E-state index contributed by atoms with van der Waals surface area (Å²) in [7, 11) is 0. The Morgan fingerprint density at radius 1 is 1.38 bits per heavy atom. The van der Waals surface area contributed by atoms with Gasteiger partial charge >= 0.3 is 0 Å². The summed E-state index contributed by atoms with van der Waals surface area (Å²) < 4.78 is 1.93. The van der Waals surface area contributed by atoms with E-state index in [4.69, 9.17) is 5.26 Å². The first kappa shape index (κ1) is 15.5. The van der Waals surface area contributed by atoms with E-state index in [1.165, 1.54) is 0 Å². The van der Waals surface area contributed by atoms with Crippen molar-refractivity contribution in [3.63, 3.8) is 0 Å². The van der Waals surface area contributed by atoms with Gasteiger partial charge in [-0.1, -0.05) is 13.8 Å². The van der Waals surface area contributed by atoms with Crippen LogP contribution in [0.3, 0.4) is 0 Å². The van der Waals surface area contributed by atoms with Crippen LogP contribution < -0.4 is 5.32 Å². The van der Waals surface area contributed by atoms with E-state index in [0.717, 1.165) is 30.7 Å². The number of nitrogens with zero attached hydrogens (tertiary/aromatic N) is 3. The predicted molar refractivity (Wildman–Crippen MR) is 81.7 cm³/mol. The van der Waals surface area contributed by atoms with Crippen molar-refractivity contribution in [3.05, 3.63) is 35.8 Å². The molecule has 2 N–H and O–H groups in total. The SMILES string of the molecule is CCC(CC)(CO)CNCc1cnc2ccc(C#N)cn12. The summed E-state index contributed by atoms with van der Waals surface area (Å²) in [5.41, 5.74) is 2.41. The van der Waals surface area contributed by atoms with Gasteiger partial charge in [0.15, 0.2) is 0 Å². The third-order valence-electron chi connectivity index (χ3n) is 4.35. The van der Waals surface area contributed by atoms with Crippen LogP contribution in [-0.4, -0.2) is 27.6 Å². The van der Waals surface area contributed by atoms with Crippen molar-refractivity contribution in [2.45, 2.75) is 33.2 Å². The molecule has 5 heteroatoms. The van der Waals surface area contributed by atoms with Crippen LogP contribution >= 0.6 is 0 Å². The number of aliphatic hydroxyl groups is 1. The molecule has 0 aromatic carbocycles. The summed E-state index contributed by atoms with van der Waals surface area (Å²) in [4.78, 5) is 4.33. The second-order valence-corrected chi connectivity index (χ2v) is 5.48. The number of nitrogens with one attached hydrogen (secondary N) is 1. The van der Waals surface area contributed by atoms with Crippen LogP contribution in [0.5, 0.6) is 0 Å². The fourth-order valence-corrected chi connectivity index (χ4v) is 2.46. The molecule has 0 radical (unpaired) electrons. The minimum absolute atomic E-state index is 0.0572. The highest BCUT2D eigenvalue weighted by Gasteiger charge is 2.24. The van der Waals surface area contributed by atoms with Crippen LogP contribution in [0.4, 0.5) is 0 Å². The van der Waals surface area contributed by atoms with Crippen molar-refractivity contribution in [3.8, 4) is 6.07 Å². The van der Waals surface area contributed by atoms with Crippen LogP contribution in [0, 0.1) is 16.7 Å². The molecule has 2 rings (SSSR count). The average molecular weight is 286 g/mol. The Hall–Kier alpha value is -1.90. The standard InChI is InChI=1S/C16H22N4O/c1-3-16(4-2,12-21)11-18-8-14-9-19-15-6-5-13(7-17)10-20(14)15/h5-6,9-10,18,21H,3-4,8,11-12H2,1-2H3. The lowest BCUT2D eigenvalue weighted by Crippen LogP contribution is -2.36. The predicted octanol–water partition coefficient (Wildman–Crippen LogP) is 2.09. The van der Waals surface area contributed by atoms with Gasteiger partial charge in [-0.25, -0.2) is 4.98 Å². The second kappa shape index (κ2) is 6.70. The highest BCUT2D eigenvalue weighted by molar-refractivity contribution is 5.44. The smallest absolute Gasteiger partial charge is 0.137 e. The van der Waals surface area contributed by atoms with E-state index in [1.807, 2.05) is 16.7 Å². The number of pyridine rings is 1. The van der Waals surface area contributed by atoms with Crippen molar-refractivity contribution in [2.75, 3.05) is 13.2 Å². The van der Waals surface area contributed by atoms with Gasteiger partial charge in [-0.15, -0.1) is 0 Å². The van der Waals surface area contributed by atoms with Gasteiger partial charge in [0.05, 0.1) is 17.5 Å². The Morgan fingerprint density at radius 3 is 2.76 bits per heavy atom. The topological polar surface area (TPSA) is 73.3 Å².